The van der Waals surface area contributed by atoms with Gasteiger partial charge in [0, 0.05) is 32.7 Å². The Balaban J connectivity index is 1.85. The molecule has 0 aliphatic rings. The van der Waals surface area contributed by atoms with E-state index in [1.54, 1.807) is 13.3 Å². The van der Waals surface area contributed by atoms with E-state index in [2.05, 4.69) is 10.4 Å². The molecule has 0 bridgehead atoms. The van der Waals surface area contributed by atoms with Gasteiger partial charge in [-0.1, -0.05) is 0 Å². The van der Waals surface area contributed by atoms with Crippen molar-refractivity contribution >= 4 is 0 Å². The molecule has 0 amide bonds. The van der Waals surface area contributed by atoms with Gasteiger partial charge in [-0.3, -0.25) is 4.68 Å². The number of unbranched alkanes of at least 4 members (excludes halogenated alkanes) is 1. The molecule has 80 valence electrons. The third-order valence-corrected chi connectivity index (χ3v) is 2.03. The van der Waals surface area contributed by atoms with Gasteiger partial charge in [-0.2, -0.15) is 5.10 Å². The maximum Gasteiger partial charge on any atom is 0.0533 e. The van der Waals surface area contributed by atoms with Crippen molar-refractivity contribution in [2.75, 3.05) is 26.8 Å². The Morgan fingerprint density at radius 1 is 1.36 bits per heavy atom. The van der Waals surface area contributed by atoms with E-state index >= 15 is 0 Å². The van der Waals surface area contributed by atoms with Gasteiger partial charge in [0.1, 0.15) is 0 Å². The molecule has 1 aromatic rings. The molecule has 0 unspecified atom stereocenters. The maximum atomic E-state index is 4.97. The molecule has 1 aromatic heterocycles. The first-order chi connectivity index (χ1) is 6.93. The molecule has 4 heteroatoms. The van der Waals surface area contributed by atoms with Crippen LogP contribution in [0.15, 0.2) is 18.5 Å². The van der Waals surface area contributed by atoms with Crippen molar-refractivity contribution in [1.29, 1.82) is 0 Å². The van der Waals surface area contributed by atoms with Crippen LogP contribution in [0.5, 0.6) is 0 Å². The predicted molar refractivity (Wildman–Crippen MR) is 56.2 cm³/mol. The fourth-order valence-corrected chi connectivity index (χ4v) is 1.25. The number of nitrogens with one attached hydrogen (secondary N) is 1. The normalized spacial score (nSPS) is 10.6. The zero-order valence-electron chi connectivity index (χ0n) is 8.78. The van der Waals surface area contributed by atoms with Crippen LogP contribution in [0, 0.1) is 0 Å². The van der Waals surface area contributed by atoms with Crippen LogP contribution >= 0.6 is 0 Å². The fraction of sp³-hybridized carbons (Fsp3) is 0.700. The lowest BCUT2D eigenvalue weighted by molar-refractivity contribution is 0.192. The van der Waals surface area contributed by atoms with Crippen LogP contribution in [0.2, 0.25) is 0 Å². The van der Waals surface area contributed by atoms with Gasteiger partial charge in [-0.25, -0.2) is 0 Å². The molecular weight excluding hydrogens is 178 g/mol. The van der Waals surface area contributed by atoms with E-state index in [1.807, 2.05) is 16.9 Å². The summed E-state index contributed by atoms with van der Waals surface area (Å²) in [6, 6.07) is 1.94. The Bertz CT molecular complexity index is 211. The average molecular weight is 197 g/mol. The summed E-state index contributed by atoms with van der Waals surface area (Å²) in [5, 5.41) is 7.49. The summed E-state index contributed by atoms with van der Waals surface area (Å²) in [6.45, 7) is 3.84. The lowest BCUT2D eigenvalue weighted by Gasteiger charge is -2.04. The van der Waals surface area contributed by atoms with Crippen LogP contribution in [0.3, 0.4) is 0 Å². The summed E-state index contributed by atoms with van der Waals surface area (Å²) in [5.41, 5.74) is 0. The maximum absolute atomic E-state index is 4.97. The van der Waals surface area contributed by atoms with Crippen molar-refractivity contribution in [3.63, 3.8) is 0 Å². The average Bonchev–Trinajstić information content (AvgIpc) is 2.69. The van der Waals surface area contributed by atoms with Crippen LogP contribution in [0.25, 0.3) is 0 Å². The standard InChI is InChI=1S/C10H19N3O/c1-14-10-3-2-5-11-7-9-13-8-4-6-12-13/h4,6,8,11H,2-3,5,7,9-10H2,1H3. The molecule has 0 aliphatic carbocycles. The predicted octanol–water partition coefficient (Wildman–Crippen LogP) is 0.899. The lowest BCUT2D eigenvalue weighted by atomic mass is 10.3. The Morgan fingerprint density at radius 3 is 3.00 bits per heavy atom. The number of methoxy groups -OCH3 is 1. The van der Waals surface area contributed by atoms with E-state index in [-0.39, 0.29) is 0 Å². The van der Waals surface area contributed by atoms with Gasteiger partial charge >= 0.3 is 0 Å². The highest BCUT2D eigenvalue weighted by atomic mass is 16.5. The second-order valence-corrected chi connectivity index (χ2v) is 3.22. The molecule has 4 nitrogen and oxygen atoms in total. The first-order valence-corrected chi connectivity index (χ1v) is 5.10. The summed E-state index contributed by atoms with van der Waals surface area (Å²) in [6.07, 6.45) is 6.09. The van der Waals surface area contributed by atoms with Gasteiger partial charge in [0.15, 0.2) is 0 Å². The Morgan fingerprint density at radius 2 is 2.29 bits per heavy atom. The number of hydrogen-bond acceptors (Lipinski definition) is 3. The Labute approximate surface area is 85.3 Å². The van der Waals surface area contributed by atoms with Gasteiger partial charge in [-0.15, -0.1) is 0 Å². The van der Waals surface area contributed by atoms with E-state index in [4.69, 9.17) is 4.74 Å². The summed E-state index contributed by atoms with van der Waals surface area (Å²) in [7, 11) is 1.74. The third-order valence-electron chi connectivity index (χ3n) is 2.03. The van der Waals surface area contributed by atoms with E-state index in [9.17, 15) is 0 Å². The Hall–Kier alpha value is -0.870. The molecule has 0 radical (unpaired) electrons. The molecular formula is C10H19N3O. The molecule has 1 N–H and O–H groups in total. The first-order valence-electron chi connectivity index (χ1n) is 5.10. The van der Waals surface area contributed by atoms with Crippen LogP contribution < -0.4 is 5.32 Å². The van der Waals surface area contributed by atoms with Gasteiger partial charge in [0.2, 0.25) is 0 Å². The van der Waals surface area contributed by atoms with E-state index in [0.717, 1.165) is 32.7 Å². The third kappa shape index (κ3) is 4.99. The van der Waals surface area contributed by atoms with Crippen molar-refractivity contribution in [2.24, 2.45) is 0 Å². The lowest BCUT2D eigenvalue weighted by Crippen LogP contribution is -2.21. The van der Waals surface area contributed by atoms with Crippen LogP contribution in [0.4, 0.5) is 0 Å². The number of hydrogen-bond donors (Lipinski definition) is 1. The largest absolute Gasteiger partial charge is 0.385 e. The van der Waals surface area contributed by atoms with Crippen molar-refractivity contribution in [3.8, 4) is 0 Å². The topological polar surface area (TPSA) is 39.1 Å². The van der Waals surface area contributed by atoms with Crippen molar-refractivity contribution in [3.05, 3.63) is 18.5 Å². The summed E-state index contributed by atoms with van der Waals surface area (Å²) in [5.74, 6) is 0. The summed E-state index contributed by atoms with van der Waals surface area (Å²) >= 11 is 0. The first kappa shape index (κ1) is 11.2. The zero-order valence-corrected chi connectivity index (χ0v) is 8.78. The minimum Gasteiger partial charge on any atom is -0.385 e. The monoisotopic (exact) mass is 197 g/mol. The van der Waals surface area contributed by atoms with E-state index < -0.39 is 0 Å². The minimum atomic E-state index is 0.862. The van der Waals surface area contributed by atoms with Crippen molar-refractivity contribution in [1.82, 2.24) is 15.1 Å². The number of aromatic nitrogens is 2. The quantitative estimate of drug-likeness (QED) is 0.629. The number of ether oxygens (including phenoxy) is 1. The fourth-order valence-electron chi connectivity index (χ4n) is 1.25. The number of rotatable bonds is 8. The van der Waals surface area contributed by atoms with E-state index in [0.29, 0.717) is 0 Å². The molecule has 1 heterocycles. The number of nitrogens with zero attached hydrogens (tertiary/aromatic N) is 2. The highest BCUT2D eigenvalue weighted by Crippen LogP contribution is 1.87. The molecule has 14 heavy (non-hydrogen) atoms. The van der Waals surface area contributed by atoms with Crippen LogP contribution in [-0.4, -0.2) is 36.6 Å². The smallest absolute Gasteiger partial charge is 0.0533 e. The second kappa shape index (κ2) is 7.53. The van der Waals surface area contributed by atoms with Crippen LogP contribution in [0.1, 0.15) is 12.8 Å². The van der Waals surface area contributed by atoms with E-state index in [1.165, 1.54) is 6.42 Å². The minimum absolute atomic E-state index is 0.862. The molecule has 0 saturated heterocycles. The molecule has 0 aliphatic heterocycles. The molecule has 0 fully saturated rings. The van der Waals surface area contributed by atoms with Crippen LogP contribution in [-0.2, 0) is 11.3 Å². The SMILES string of the molecule is COCCCCNCCn1cccn1. The highest BCUT2D eigenvalue weighted by molar-refractivity contribution is 4.77. The van der Waals surface area contributed by atoms with Crippen molar-refractivity contribution in [2.45, 2.75) is 19.4 Å². The van der Waals surface area contributed by atoms with Gasteiger partial charge < -0.3 is 10.1 Å². The molecule has 0 aromatic carbocycles. The van der Waals surface area contributed by atoms with Gasteiger partial charge in [0.25, 0.3) is 0 Å². The summed E-state index contributed by atoms with van der Waals surface area (Å²) < 4.78 is 6.90. The zero-order chi connectivity index (χ0) is 10.1. The molecule has 1 rings (SSSR count). The second-order valence-electron chi connectivity index (χ2n) is 3.22. The summed E-state index contributed by atoms with van der Waals surface area (Å²) in [4.78, 5) is 0. The molecule has 0 spiro atoms. The van der Waals surface area contributed by atoms with Crippen molar-refractivity contribution < 1.29 is 4.74 Å². The molecule has 0 atom stereocenters. The van der Waals surface area contributed by atoms with Gasteiger partial charge in [0.05, 0.1) is 6.54 Å². The highest BCUT2D eigenvalue weighted by Gasteiger charge is 1.90. The van der Waals surface area contributed by atoms with Gasteiger partial charge in [-0.05, 0) is 25.5 Å². The Kier molecular flexibility index (Phi) is 6.02. The molecule has 0 saturated carbocycles.